The van der Waals surface area contributed by atoms with E-state index in [9.17, 15) is 14.1 Å². The van der Waals surface area contributed by atoms with Crippen LogP contribution in [0.2, 0.25) is 0 Å². The highest BCUT2D eigenvalue weighted by Crippen LogP contribution is 2.39. The van der Waals surface area contributed by atoms with Gasteiger partial charge in [0.05, 0.1) is 11.0 Å². The summed E-state index contributed by atoms with van der Waals surface area (Å²) in [5, 5.41) is 9.78. The van der Waals surface area contributed by atoms with Crippen molar-refractivity contribution >= 4 is 17.1 Å². The summed E-state index contributed by atoms with van der Waals surface area (Å²) in [6.07, 6.45) is 0.673. The highest BCUT2D eigenvalue weighted by molar-refractivity contribution is 7.83. The van der Waals surface area contributed by atoms with Crippen LogP contribution in [0.25, 0.3) is 0 Å². The maximum atomic E-state index is 12.4. The van der Waals surface area contributed by atoms with Crippen LogP contribution in [0.1, 0.15) is 51.2 Å². The van der Waals surface area contributed by atoms with Crippen molar-refractivity contribution in [2.24, 2.45) is 0 Å². The van der Waals surface area contributed by atoms with Gasteiger partial charge in [-0.25, -0.2) is 13.7 Å². The summed E-state index contributed by atoms with van der Waals surface area (Å²) in [5.41, 5.74) is 1.79. The molecule has 0 aromatic heterocycles. The van der Waals surface area contributed by atoms with Crippen molar-refractivity contribution in [3.63, 3.8) is 0 Å². The Morgan fingerprint density at radius 2 is 2.04 bits per heavy atom. The molecule has 1 amide bonds. The van der Waals surface area contributed by atoms with Crippen molar-refractivity contribution in [3.05, 3.63) is 35.4 Å². The maximum Gasteiger partial charge on any atom is 0.408 e. The zero-order chi connectivity index (χ0) is 17.9. The van der Waals surface area contributed by atoms with E-state index in [2.05, 4.69) is 4.72 Å². The summed E-state index contributed by atoms with van der Waals surface area (Å²) in [7, 11) is -1.16. The van der Waals surface area contributed by atoms with Crippen molar-refractivity contribution in [2.45, 2.75) is 58.0 Å². The molecule has 0 bridgehead atoms. The standard InChI is InChI=1S/C18H28N2O3S/c1-5-10-19-24(23)12-15-14-9-7-6-8-13(14)11-16(15)20(17(21)22)18(2,3)4/h6-9,15-16,19H,5,10-12H2,1-4H3,(H,21,22)/t15-,16-,24?/m1/s1. The van der Waals surface area contributed by atoms with Gasteiger partial charge in [0.25, 0.3) is 0 Å². The smallest absolute Gasteiger partial charge is 0.408 e. The molecule has 0 fully saturated rings. The molecule has 134 valence electrons. The van der Waals surface area contributed by atoms with E-state index >= 15 is 0 Å². The fourth-order valence-electron chi connectivity index (χ4n) is 3.49. The molecule has 5 nitrogen and oxygen atoms in total. The van der Waals surface area contributed by atoms with Gasteiger partial charge in [0.15, 0.2) is 0 Å². The van der Waals surface area contributed by atoms with E-state index in [4.69, 9.17) is 0 Å². The van der Waals surface area contributed by atoms with E-state index in [0.717, 1.165) is 17.5 Å². The summed E-state index contributed by atoms with van der Waals surface area (Å²) >= 11 is 0. The Balaban J connectivity index is 2.32. The molecule has 24 heavy (non-hydrogen) atoms. The zero-order valence-corrected chi connectivity index (χ0v) is 15.7. The second kappa shape index (κ2) is 7.66. The Kier molecular flexibility index (Phi) is 6.04. The van der Waals surface area contributed by atoms with Crippen molar-refractivity contribution in [2.75, 3.05) is 12.3 Å². The minimum Gasteiger partial charge on any atom is -0.465 e. The van der Waals surface area contributed by atoms with Crippen molar-refractivity contribution in [3.8, 4) is 0 Å². The summed E-state index contributed by atoms with van der Waals surface area (Å²) < 4.78 is 15.4. The van der Waals surface area contributed by atoms with Crippen molar-refractivity contribution in [1.29, 1.82) is 0 Å². The Bertz CT molecular complexity index is 613. The largest absolute Gasteiger partial charge is 0.465 e. The molecule has 2 rings (SSSR count). The van der Waals surface area contributed by atoms with Crippen molar-refractivity contribution in [1.82, 2.24) is 9.62 Å². The number of carboxylic acid groups (broad SMARTS) is 1. The molecule has 0 radical (unpaired) electrons. The lowest BCUT2D eigenvalue weighted by Gasteiger charge is -2.40. The van der Waals surface area contributed by atoms with Gasteiger partial charge >= 0.3 is 6.09 Å². The second-order valence-corrected chi connectivity index (χ2v) is 8.62. The van der Waals surface area contributed by atoms with Gasteiger partial charge in [0.2, 0.25) is 0 Å². The van der Waals surface area contributed by atoms with Gasteiger partial charge < -0.3 is 5.11 Å². The molecule has 2 N–H and O–H groups in total. The topological polar surface area (TPSA) is 69.6 Å². The lowest BCUT2D eigenvalue weighted by atomic mass is 9.95. The first-order valence-corrected chi connectivity index (χ1v) is 9.79. The fourth-order valence-corrected chi connectivity index (χ4v) is 4.77. The number of fused-ring (bicyclic) bond motifs is 1. The normalized spacial score (nSPS) is 21.3. The van der Waals surface area contributed by atoms with E-state index in [0.29, 0.717) is 18.7 Å². The van der Waals surface area contributed by atoms with Gasteiger partial charge in [0.1, 0.15) is 0 Å². The summed E-state index contributed by atoms with van der Waals surface area (Å²) in [6, 6.07) is 7.85. The van der Waals surface area contributed by atoms with E-state index in [1.165, 1.54) is 4.90 Å². The molecule has 1 aliphatic carbocycles. The Hall–Kier alpha value is -1.40. The van der Waals surface area contributed by atoms with E-state index in [1.54, 1.807) is 0 Å². The molecular formula is C18H28N2O3S. The predicted molar refractivity (Wildman–Crippen MR) is 97.6 cm³/mol. The molecule has 0 spiro atoms. The fraction of sp³-hybridized carbons (Fsp3) is 0.611. The van der Waals surface area contributed by atoms with E-state index < -0.39 is 22.6 Å². The van der Waals surface area contributed by atoms with Crippen LogP contribution in [0.3, 0.4) is 0 Å². The average Bonchev–Trinajstić information content (AvgIpc) is 2.81. The van der Waals surface area contributed by atoms with Gasteiger partial charge in [-0.3, -0.25) is 4.90 Å². The lowest BCUT2D eigenvalue weighted by molar-refractivity contribution is 0.0666. The van der Waals surface area contributed by atoms with Crippen LogP contribution >= 0.6 is 0 Å². The number of hydrogen-bond donors (Lipinski definition) is 2. The van der Waals surface area contributed by atoms with Crippen LogP contribution in [0.15, 0.2) is 24.3 Å². The molecule has 1 aromatic rings. The molecule has 0 saturated heterocycles. The summed E-state index contributed by atoms with van der Waals surface area (Å²) in [5.74, 6) is 0.378. The molecule has 1 unspecified atom stereocenters. The van der Waals surface area contributed by atoms with Gasteiger partial charge in [0, 0.05) is 29.8 Å². The van der Waals surface area contributed by atoms with Gasteiger partial charge in [-0.15, -0.1) is 0 Å². The van der Waals surface area contributed by atoms with Gasteiger partial charge in [-0.1, -0.05) is 31.2 Å². The van der Waals surface area contributed by atoms with Crippen LogP contribution < -0.4 is 4.72 Å². The first kappa shape index (κ1) is 18.9. The number of nitrogens with one attached hydrogen (secondary N) is 1. The minimum atomic E-state index is -1.16. The SMILES string of the molecule is CCCNS(=O)C[C@@H]1c2ccccc2C[C@H]1N(C(=O)O)C(C)(C)C. The van der Waals surface area contributed by atoms with Crippen LogP contribution in [0.4, 0.5) is 4.79 Å². The van der Waals surface area contributed by atoms with Crippen LogP contribution in [-0.2, 0) is 17.4 Å². The number of rotatable bonds is 6. The third-order valence-corrected chi connectivity index (χ3v) is 5.64. The Morgan fingerprint density at radius 1 is 1.38 bits per heavy atom. The van der Waals surface area contributed by atoms with Gasteiger partial charge in [-0.05, 0) is 44.7 Å². The third kappa shape index (κ3) is 4.16. The Morgan fingerprint density at radius 3 is 2.62 bits per heavy atom. The van der Waals surface area contributed by atoms with Crippen LogP contribution in [0, 0.1) is 0 Å². The first-order chi connectivity index (χ1) is 11.3. The van der Waals surface area contributed by atoms with Crippen molar-refractivity contribution < 1.29 is 14.1 Å². The Labute approximate surface area is 147 Å². The summed E-state index contributed by atoms with van der Waals surface area (Å²) in [4.78, 5) is 13.5. The maximum absolute atomic E-state index is 12.4. The molecule has 0 aliphatic heterocycles. The first-order valence-electron chi connectivity index (χ1n) is 8.47. The molecule has 1 aliphatic rings. The molecule has 0 heterocycles. The van der Waals surface area contributed by atoms with Gasteiger partial charge in [-0.2, -0.15) is 0 Å². The van der Waals surface area contributed by atoms with E-state index in [1.807, 2.05) is 52.0 Å². The lowest BCUT2D eigenvalue weighted by Crippen LogP contribution is -2.53. The van der Waals surface area contributed by atoms with E-state index in [-0.39, 0.29) is 12.0 Å². The minimum absolute atomic E-state index is 0.0540. The third-order valence-electron chi connectivity index (χ3n) is 4.45. The molecular weight excluding hydrogens is 324 g/mol. The van der Waals surface area contributed by atoms with Crippen LogP contribution in [0.5, 0.6) is 0 Å². The second-order valence-electron chi connectivity index (χ2n) is 7.31. The molecule has 6 heteroatoms. The highest BCUT2D eigenvalue weighted by atomic mass is 32.2. The number of nitrogens with zero attached hydrogens (tertiary/aromatic N) is 1. The highest BCUT2D eigenvalue weighted by Gasteiger charge is 2.43. The molecule has 0 saturated carbocycles. The molecule has 1 aromatic carbocycles. The monoisotopic (exact) mass is 352 g/mol. The average molecular weight is 353 g/mol. The number of benzene rings is 1. The molecule has 3 atom stereocenters. The quantitative estimate of drug-likeness (QED) is 0.826. The zero-order valence-electron chi connectivity index (χ0n) is 14.9. The number of carbonyl (C=O) groups is 1. The number of amides is 1. The predicted octanol–water partition coefficient (Wildman–Crippen LogP) is 3.14. The van der Waals surface area contributed by atoms with Crippen LogP contribution in [-0.4, -0.2) is 44.2 Å². The number of hydrogen-bond acceptors (Lipinski definition) is 2. The summed E-state index contributed by atoms with van der Waals surface area (Å²) in [6.45, 7) is 8.46.